The molecule has 0 saturated carbocycles. The lowest BCUT2D eigenvalue weighted by atomic mass is 10.2. The number of anilines is 3. The molecule has 0 aromatic heterocycles. The number of amides is 4. The molecule has 0 bridgehead atoms. The molecule has 0 unspecified atom stereocenters. The molecular formula is C21H21FN4O4. The molecule has 9 heteroatoms. The van der Waals surface area contributed by atoms with Crippen molar-refractivity contribution in [2.75, 3.05) is 40.9 Å². The summed E-state index contributed by atoms with van der Waals surface area (Å²) >= 11 is 0. The van der Waals surface area contributed by atoms with Crippen molar-refractivity contribution in [1.82, 2.24) is 5.32 Å². The summed E-state index contributed by atoms with van der Waals surface area (Å²) in [5.41, 5.74) is 1.25. The summed E-state index contributed by atoms with van der Waals surface area (Å²) in [6.45, 7) is 2.57. The van der Waals surface area contributed by atoms with E-state index in [2.05, 4.69) is 5.32 Å². The van der Waals surface area contributed by atoms with Crippen LogP contribution in [0.5, 0.6) is 0 Å². The highest BCUT2D eigenvalue weighted by Crippen LogP contribution is 2.31. The van der Waals surface area contributed by atoms with Gasteiger partial charge in [0, 0.05) is 25.7 Å². The minimum Gasteiger partial charge on any atom is -0.442 e. The second-order valence-electron chi connectivity index (χ2n) is 7.11. The maximum absolute atomic E-state index is 14.9. The van der Waals surface area contributed by atoms with E-state index in [9.17, 15) is 18.8 Å². The van der Waals surface area contributed by atoms with Gasteiger partial charge in [0.1, 0.15) is 11.9 Å². The van der Waals surface area contributed by atoms with Crippen molar-refractivity contribution in [2.24, 2.45) is 0 Å². The van der Waals surface area contributed by atoms with Gasteiger partial charge < -0.3 is 10.1 Å². The van der Waals surface area contributed by atoms with Crippen LogP contribution < -0.4 is 20.0 Å². The zero-order valence-corrected chi connectivity index (χ0v) is 16.4. The van der Waals surface area contributed by atoms with Gasteiger partial charge in [0.2, 0.25) is 5.91 Å². The third-order valence-corrected chi connectivity index (χ3v) is 5.06. The summed E-state index contributed by atoms with van der Waals surface area (Å²) in [5, 5.41) is 2.59. The third-order valence-electron chi connectivity index (χ3n) is 5.06. The summed E-state index contributed by atoms with van der Waals surface area (Å²) < 4.78 is 20.1. The number of hydrogen-bond donors (Lipinski definition) is 1. The standard InChI is InChI=1S/C21H21FN4O4/c1-14(27)23-12-17-13-26(21(29)30-17)16-7-8-19(18(22)11-16)25-10-9-24(20(25)28)15-5-3-2-4-6-15/h2-8,11,17H,9-10,12-13H2,1H3,(H,23,27)/t17-/m0/s1. The highest BCUT2D eigenvalue weighted by Gasteiger charge is 2.35. The van der Waals surface area contributed by atoms with Crippen LogP contribution in [0.3, 0.4) is 0 Å². The lowest BCUT2D eigenvalue weighted by molar-refractivity contribution is -0.119. The Morgan fingerprint density at radius 3 is 2.50 bits per heavy atom. The number of halogens is 1. The number of nitrogens with zero attached hydrogens (tertiary/aromatic N) is 3. The van der Waals surface area contributed by atoms with Crippen LogP contribution in [0.15, 0.2) is 48.5 Å². The molecule has 4 rings (SSSR count). The smallest absolute Gasteiger partial charge is 0.414 e. The average molecular weight is 412 g/mol. The summed E-state index contributed by atoms with van der Waals surface area (Å²) in [5.74, 6) is -0.825. The summed E-state index contributed by atoms with van der Waals surface area (Å²) in [7, 11) is 0. The number of benzene rings is 2. The van der Waals surface area contributed by atoms with Gasteiger partial charge in [-0.3, -0.25) is 19.5 Å². The first-order chi connectivity index (χ1) is 14.4. The minimum absolute atomic E-state index is 0.157. The van der Waals surface area contributed by atoms with Gasteiger partial charge in [-0.15, -0.1) is 0 Å². The molecule has 8 nitrogen and oxygen atoms in total. The largest absolute Gasteiger partial charge is 0.442 e. The molecule has 2 saturated heterocycles. The summed E-state index contributed by atoms with van der Waals surface area (Å²) in [6, 6.07) is 13.2. The Hall–Kier alpha value is -3.62. The first-order valence-electron chi connectivity index (χ1n) is 9.60. The molecule has 30 heavy (non-hydrogen) atoms. The van der Waals surface area contributed by atoms with Gasteiger partial charge in [-0.2, -0.15) is 0 Å². The topological polar surface area (TPSA) is 82.2 Å². The van der Waals surface area contributed by atoms with Crippen molar-refractivity contribution in [1.29, 1.82) is 0 Å². The molecule has 2 aromatic rings. The maximum atomic E-state index is 14.9. The van der Waals surface area contributed by atoms with Crippen molar-refractivity contribution < 1.29 is 23.5 Å². The van der Waals surface area contributed by atoms with Crippen LogP contribution in [0.25, 0.3) is 0 Å². The Morgan fingerprint density at radius 1 is 1.07 bits per heavy atom. The number of rotatable bonds is 5. The number of para-hydroxylation sites is 1. The van der Waals surface area contributed by atoms with Gasteiger partial charge in [-0.25, -0.2) is 14.0 Å². The van der Waals surface area contributed by atoms with Gasteiger partial charge in [-0.1, -0.05) is 18.2 Å². The molecule has 0 spiro atoms. The fraction of sp³-hybridized carbons (Fsp3) is 0.286. The molecule has 0 radical (unpaired) electrons. The van der Waals surface area contributed by atoms with E-state index in [0.29, 0.717) is 18.8 Å². The van der Waals surface area contributed by atoms with Crippen LogP contribution in [0.2, 0.25) is 0 Å². The van der Waals surface area contributed by atoms with Crippen molar-refractivity contribution in [3.05, 3.63) is 54.3 Å². The zero-order chi connectivity index (χ0) is 21.3. The number of ether oxygens (including phenoxy) is 1. The molecule has 1 atom stereocenters. The molecule has 2 aromatic carbocycles. The Balaban J connectivity index is 1.48. The maximum Gasteiger partial charge on any atom is 0.414 e. The molecule has 2 aliphatic heterocycles. The molecule has 1 N–H and O–H groups in total. The quantitative estimate of drug-likeness (QED) is 0.819. The average Bonchev–Trinajstić information content (AvgIpc) is 3.29. The number of urea groups is 1. The second kappa shape index (κ2) is 8.02. The summed E-state index contributed by atoms with van der Waals surface area (Å²) in [6.07, 6.45) is -1.12. The molecular weight excluding hydrogens is 391 g/mol. The van der Waals surface area contributed by atoms with Gasteiger partial charge in [0.25, 0.3) is 0 Å². The molecule has 0 aliphatic carbocycles. The van der Waals surface area contributed by atoms with Crippen molar-refractivity contribution in [3.8, 4) is 0 Å². The van der Waals surface area contributed by atoms with Gasteiger partial charge in [-0.05, 0) is 30.3 Å². The van der Waals surface area contributed by atoms with Crippen LogP contribution in [0, 0.1) is 5.82 Å². The van der Waals surface area contributed by atoms with E-state index in [-0.39, 0.29) is 30.7 Å². The number of carbonyl (C=O) groups is 3. The molecule has 2 fully saturated rings. The van der Waals surface area contributed by atoms with Crippen LogP contribution >= 0.6 is 0 Å². The van der Waals surface area contributed by atoms with E-state index in [4.69, 9.17) is 4.74 Å². The van der Waals surface area contributed by atoms with Crippen LogP contribution in [-0.4, -0.2) is 50.3 Å². The van der Waals surface area contributed by atoms with Crippen LogP contribution in [0.1, 0.15) is 6.92 Å². The van der Waals surface area contributed by atoms with Gasteiger partial charge >= 0.3 is 12.1 Å². The highest BCUT2D eigenvalue weighted by molar-refractivity contribution is 6.06. The predicted octanol–water partition coefficient (Wildman–Crippen LogP) is 2.73. The third kappa shape index (κ3) is 3.78. The van der Waals surface area contributed by atoms with E-state index in [0.717, 1.165) is 5.69 Å². The number of cyclic esters (lactones) is 1. The molecule has 2 heterocycles. The fourth-order valence-corrected chi connectivity index (χ4v) is 3.59. The highest BCUT2D eigenvalue weighted by atomic mass is 19.1. The monoisotopic (exact) mass is 412 g/mol. The summed E-state index contributed by atoms with van der Waals surface area (Å²) in [4.78, 5) is 40.2. The van der Waals surface area contributed by atoms with E-state index in [1.54, 1.807) is 11.0 Å². The van der Waals surface area contributed by atoms with E-state index in [1.165, 1.54) is 28.9 Å². The Labute approximate surface area is 172 Å². The van der Waals surface area contributed by atoms with Crippen molar-refractivity contribution >= 4 is 35.1 Å². The first kappa shape index (κ1) is 19.7. The second-order valence-corrected chi connectivity index (χ2v) is 7.11. The number of hydrogen-bond acceptors (Lipinski definition) is 4. The Morgan fingerprint density at radius 2 is 1.80 bits per heavy atom. The van der Waals surface area contributed by atoms with Gasteiger partial charge in [0.05, 0.1) is 24.5 Å². The van der Waals surface area contributed by atoms with E-state index >= 15 is 0 Å². The first-order valence-corrected chi connectivity index (χ1v) is 9.60. The zero-order valence-electron chi connectivity index (χ0n) is 16.4. The number of nitrogens with one attached hydrogen (secondary N) is 1. The normalized spacial score (nSPS) is 18.7. The number of carbonyl (C=O) groups excluding carboxylic acids is 3. The van der Waals surface area contributed by atoms with Crippen molar-refractivity contribution in [2.45, 2.75) is 13.0 Å². The SMILES string of the molecule is CC(=O)NC[C@H]1CN(c2ccc(N3CCN(c4ccccc4)C3=O)c(F)c2)C(=O)O1. The van der Waals surface area contributed by atoms with Crippen molar-refractivity contribution in [3.63, 3.8) is 0 Å². The van der Waals surface area contributed by atoms with Gasteiger partial charge in [0.15, 0.2) is 0 Å². The van der Waals surface area contributed by atoms with E-state index in [1.807, 2.05) is 30.3 Å². The molecule has 2 aliphatic rings. The minimum atomic E-state index is -0.606. The molecule has 156 valence electrons. The Kier molecular flexibility index (Phi) is 5.26. The predicted molar refractivity (Wildman–Crippen MR) is 109 cm³/mol. The molecule has 4 amide bonds. The lowest BCUT2D eigenvalue weighted by Gasteiger charge is -2.20. The lowest BCUT2D eigenvalue weighted by Crippen LogP contribution is -2.33. The Bertz CT molecular complexity index is 984. The fourth-order valence-electron chi connectivity index (χ4n) is 3.59. The van der Waals surface area contributed by atoms with Crippen LogP contribution in [-0.2, 0) is 9.53 Å². The van der Waals surface area contributed by atoms with E-state index < -0.39 is 18.0 Å². The van der Waals surface area contributed by atoms with Crippen LogP contribution in [0.4, 0.5) is 31.0 Å².